The highest BCUT2D eigenvalue weighted by atomic mass is 32.3. The Morgan fingerprint density at radius 2 is 0.500 bits per heavy atom. The van der Waals surface area contributed by atoms with Gasteiger partial charge in [0.15, 0.2) is 37.0 Å². The van der Waals surface area contributed by atoms with Crippen LogP contribution in [0.3, 0.4) is 0 Å². The van der Waals surface area contributed by atoms with E-state index in [4.69, 9.17) is 0 Å². The molecule has 2 rings (SSSR count). The average Bonchev–Trinajstić information content (AvgIpc) is 0.689. The molecule has 88 heteroatoms. The van der Waals surface area contributed by atoms with Crippen molar-refractivity contribution in [3.63, 3.8) is 0 Å². The molecule has 2 aliphatic heterocycles. The van der Waals surface area contributed by atoms with Gasteiger partial charge >= 0.3 is 154 Å². The number of carbonyl (C=O) groups excluding carboxylic acids is 2. The van der Waals surface area contributed by atoms with Crippen LogP contribution >= 0.6 is 0 Å². The Morgan fingerprint density at radius 1 is 0.290 bits per heavy atom. The Labute approximate surface area is 696 Å². The maximum absolute atomic E-state index is 13.9. The minimum Gasteiger partial charge on any atom is -0.372 e. The van der Waals surface area contributed by atoms with E-state index < -0.39 is 342 Å². The van der Waals surface area contributed by atoms with Crippen LogP contribution in [0.1, 0.15) is 64.2 Å². The zero-order valence-electron chi connectivity index (χ0n) is 59.0. The molecule has 2 unspecified atom stereocenters. The molecule has 124 heavy (non-hydrogen) atoms. The molecule has 0 aromatic carbocycles. The third kappa shape index (κ3) is 29.6. The third-order valence-corrected chi connectivity index (χ3v) is 29.4. The summed E-state index contributed by atoms with van der Waals surface area (Å²) in [4.78, 5) is -11.9. The van der Waals surface area contributed by atoms with Crippen LogP contribution in [-0.4, -0.2) is 401 Å². The Hall–Kier alpha value is -3.30. The van der Waals surface area contributed by atoms with E-state index >= 15 is 0 Å². The lowest BCUT2D eigenvalue weighted by Gasteiger charge is -2.49. The first kappa shape index (κ1) is 117. The molecule has 20 atom stereocenters. The van der Waals surface area contributed by atoms with Gasteiger partial charge in [0.25, 0.3) is 51.8 Å². The van der Waals surface area contributed by atoms with E-state index in [1.807, 2.05) is 0 Å². The van der Waals surface area contributed by atoms with E-state index in [1.165, 1.54) is 0 Å². The van der Waals surface area contributed by atoms with Crippen molar-refractivity contribution in [3.05, 3.63) is 0 Å². The number of unbranched alkanes of at least 4 members (excludes halogenated alkanes) is 9. The first-order valence-electron chi connectivity index (χ1n) is 30.3. The largest absolute Gasteiger partial charge is 0.397 e. The van der Waals surface area contributed by atoms with Gasteiger partial charge in [0, 0.05) is 13.1 Å². The number of ether oxygens (including phenoxy) is 4. The number of hydrogen-bond donors (Lipinski definition) is 26. The van der Waals surface area contributed by atoms with Crippen LogP contribution in [0.4, 0.5) is 0 Å². The topological polar surface area (TPSA) is 1200 Å². The molecule has 738 valence electrons. The zero-order valence-corrected chi connectivity index (χ0v) is 72.1. The fourth-order valence-electron chi connectivity index (χ4n) is 10.7. The van der Waals surface area contributed by atoms with Crippen LogP contribution in [0.2, 0.25) is 0 Å². The molecule has 26 N–H and O–H groups in total. The van der Waals surface area contributed by atoms with Gasteiger partial charge in [0.2, 0.25) is 10.9 Å². The van der Waals surface area contributed by atoms with Crippen LogP contribution in [0.25, 0.3) is 0 Å². The Balaban J connectivity index is 2.71. The number of aliphatic hydroxyl groups excluding tert-OH is 2. The first-order valence-corrected chi connectivity index (χ1v) is 52.9. The van der Waals surface area contributed by atoms with Crippen LogP contribution in [0.5, 0.6) is 0 Å². The quantitative estimate of drug-likeness (QED) is 0.0199. The van der Waals surface area contributed by atoms with E-state index in [0.29, 0.717) is 0 Å². The van der Waals surface area contributed by atoms with Crippen molar-refractivity contribution in [2.24, 2.45) is 0 Å². The van der Waals surface area contributed by atoms with E-state index in [0.717, 1.165) is 10.6 Å². The predicted molar refractivity (Wildman–Crippen MR) is 367 cm³/mol. The van der Waals surface area contributed by atoms with Gasteiger partial charge in [-0.15, -0.1) is 0 Å². The van der Waals surface area contributed by atoms with Crippen molar-refractivity contribution in [2.45, 2.75) is 178 Å². The molecule has 0 aromatic heterocycles. The fourth-order valence-corrected chi connectivity index (χ4v) is 23.2. The smallest absolute Gasteiger partial charge is 0.372 e. The summed E-state index contributed by atoms with van der Waals surface area (Å²) in [7, 11) is -115. The van der Waals surface area contributed by atoms with Crippen molar-refractivity contribution in [2.75, 3.05) is 26.3 Å². The lowest BCUT2D eigenvalue weighted by Crippen LogP contribution is -2.81. The summed E-state index contributed by atoms with van der Waals surface area (Å²) in [5.74, 6) is -6.81. The predicted octanol–water partition coefficient (Wildman–Crippen LogP) is -16.0. The van der Waals surface area contributed by atoms with Crippen molar-refractivity contribution in [1.29, 1.82) is 0 Å². The molecule has 0 saturated carbocycles. The summed E-state index contributed by atoms with van der Waals surface area (Å²) in [5, 5.41) is 93.7. The summed E-state index contributed by atoms with van der Waals surface area (Å²) < 4.78 is 607. The van der Waals surface area contributed by atoms with Crippen molar-refractivity contribution in [1.82, 2.24) is 10.6 Å². The minimum absolute atomic E-state index is 0.00568. The summed E-state index contributed by atoms with van der Waals surface area (Å²) in [5.41, 5.74) is -10.6. The first-order chi connectivity index (χ1) is 54.5. The number of amides is 2. The van der Waals surface area contributed by atoms with Gasteiger partial charge in [-0.2, -0.15) is 135 Å². The van der Waals surface area contributed by atoms with Crippen LogP contribution in [-0.2, 0) is 226 Å². The molecule has 2 fully saturated rings. The summed E-state index contributed by atoms with van der Waals surface area (Å²) in [6.45, 7) is -7.65. The van der Waals surface area contributed by atoms with Crippen LogP contribution in [0, 0.1) is 0 Å². The lowest BCUT2D eigenvalue weighted by molar-refractivity contribution is -0.326. The maximum atomic E-state index is 13.9. The van der Waals surface area contributed by atoms with Crippen molar-refractivity contribution < 1.29 is 310 Å². The van der Waals surface area contributed by atoms with Crippen LogP contribution in [0.15, 0.2) is 0 Å². The monoisotopic (exact) mass is 2160 g/mol. The standard InChI is InChI=1S/C36H68N2O70S16/c39-27(35(47,115(67,68)69)33(45,113(61,62)63)25(31(43,111(55,56)57)29(41)109(49,50)51)101-23-21(107-123(91,92)93)19(105-121(85,86)87)17(103-119(79,80)81)15(99-23)13-97-117(73,74)75)37-11-9-7-5-3-1-2-4-6-8-10-12-38-28(40)36(48,116(70,71)72)34(46,114(64,65)66)26(32(44,112(58,59)60)30(42)110(52,53)54)102-24-22(108-124(94,95)96)20(106-122(88,89)90)18(104-120(82,83)84)16(100-24)14-98-118(76,77)78/h15-26,29-30,41-48H,1-14H2,(H,37,39)(H,38,40)(H,49,50,51)(H,52,53,54)(H,55,56,57)(H,58,59,60)(H,61,62,63)(H,64,65,66)(H,67,68,69)(H,70,71,72)(H,73,74,75)(H,76,77,78)(H,79,80,81)(H,82,83,84)(H,85,86,87)(H,88,89,90)(H,91,92,93)(H,94,95,96)/t15-,16-,17-,18-,19+,20+,21-,22-,23+,24+,25-,26-,29?,30?,31-,32-,33-,34-,35-,36-/m1/s1. The molecular formula is C36H68N2O70S16. The maximum Gasteiger partial charge on any atom is 0.397 e. The molecule has 2 heterocycles. The van der Waals surface area contributed by atoms with E-state index in [9.17, 15) is 258 Å². The fraction of sp³-hybridized carbons (Fsp3) is 0.944. The summed E-state index contributed by atoms with van der Waals surface area (Å²) in [6, 6.07) is 0. The molecule has 2 aliphatic rings. The summed E-state index contributed by atoms with van der Waals surface area (Å²) >= 11 is 0. The zero-order chi connectivity index (χ0) is 98.0. The highest BCUT2D eigenvalue weighted by Crippen LogP contribution is 2.49. The molecule has 0 radical (unpaired) electrons. The van der Waals surface area contributed by atoms with Gasteiger partial charge in [-0.1, -0.05) is 51.4 Å². The minimum atomic E-state index is -8.19. The van der Waals surface area contributed by atoms with E-state index in [2.05, 4.69) is 52.4 Å². The highest BCUT2D eigenvalue weighted by molar-refractivity contribution is 7.94. The molecule has 2 amide bonds. The molecular weight excluding hydrogens is 2090 g/mol. The van der Waals surface area contributed by atoms with E-state index in [-0.39, 0.29) is 38.5 Å². The van der Waals surface area contributed by atoms with Gasteiger partial charge in [-0.25, -0.2) is 33.5 Å². The SMILES string of the molecule is O=C(NCCCCCCCCCCCCNC(=O)[C@](O)([C@@](O)([C@H](O[C@@H]1O[C@H](COS(=O)(=O)O)[C@@H](OS(=O)(=O)O)[C@H](OS(=O)(=O)O)[C@H]1OS(=O)(=O)O)[C@](O)(C(O)S(=O)(=O)O)S(=O)(=O)O)S(=O)(=O)O)S(=O)(=O)O)[C@](O)([C@@](O)([C@H](O[C@@H]1O[C@H](COS(=O)(=O)O)[C@@H](OS(=O)(=O)O)[C@H](OS(=O)(=O)O)[C@H]1OS(=O)(=O)O)[C@](O)(C(O)S(=O)(=O)O)S(=O)(=O)O)S(=O)(=O)O)S(=O)(=O)O. The van der Waals surface area contributed by atoms with Gasteiger partial charge in [-0.05, 0) is 12.8 Å². The number of hydrogen-bond acceptors (Lipinski definition) is 54. The Kier molecular flexibility index (Phi) is 37.9. The molecule has 0 aliphatic carbocycles. The second-order valence-electron chi connectivity index (χ2n) is 24.3. The number of carbonyl (C=O) groups is 2. The number of aliphatic hydroxyl groups is 8. The van der Waals surface area contributed by atoms with Crippen molar-refractivity contribution >= 4 is 176 Å². The molecule has 2 saturated heterocycles. The lowest BCUT2D eigenvalue weighted by atomic mass is 9.97. The average molecular weight is 2160 g/mol. The normalized spacial score (nSPS) is 25.5. The summed E-state index contributed by atoms with van der Waals surface area (Å²) in [6.07, 6.45) is -54.4. The van der Waals surface area contributed by atoms with Crippen molar-refractivity contribution in [3.8, 4) is 0 Å². The van der Waals surface area contributed by atoms with Gasteiger partial charge in [-0.3, -0.25) is 82.4 Å². The van der Waals surface area contributed by atoms with Gasteiger partial charge in [0.05, 0.1) is 13.2 Å². The number of nitrogens with one attached hydrogen (secondary N) is 2. The number of rotatable bonds is 53. The van der Waals surface area contributed by atoms with Gasteiger partial charge < -0.3 is 70.4 Å². The molecule has 0 spiro atoms. The molecule has 0 aromatic rings. The Morgan fingerprint density at radius 3 is 0.685 bits per heavy atom. The second kappa shape index (κ2) is 40.2. The highest BCUT2D eigenvalue weighted by Gasteiger charge is 2.84. The van der Waals surface area contributed by atoms with Crippen LogP contribution < -0.4 is 10.6 Å². The second-order valence-corrected chi connectivity index (χ2v) is 45.1. The van der Waals surface area contributed by atoms with Gasteiger partial charge in [0.1, 0.15) is 36.6 Å². The third-order valence-electron chi connectivity index (χ3n) is 15.7. The van der Waals surface area contributed by atoms with E-state index in [1.54, 1.807) is 0 Å². The molecule has 72 nitrogen and oxygen atoms in total. The Bertz CT molecular complexity index is 5470. The molecule has 0 bridgehead atoms.